The normalized spacial score (nSPS) is 20.3. The van der Waals surface area contributed by atoms with Crippen LogP contribution in [0, 0.1) is 8.48 Å². The van der Waals surface area contributed by atoms with Crippen molar-refractivity contribution in [3.8, 4) is 0 Å². The fraction of sp³-hybridized carbons (Fsp3) is 0.429. The Hall–Kier alpha value is -1.65. The first-order valence-electron chi connectivity index (χ1n) is 9.75. The molecule has 2 heterocycles. The highest BCUT2D eigenvalue weighted by Gasteiger charge is 2.54. The lowest BCUT2D eigenvalue weighted by Gasteiger charge is -2.23. The van der Waals surface area contributed by atoms with Gasteiger partial charge in [-0.05, 0) is 76.0 Å². The van der Waals surface area contributed by atoms with E-state index in [1.165, 1.54) is 0 Å². The average Bonchev–Trinajstić information content (AvgIpc) is 3.14. The summed E-state index contributed by atoms with van der Waals surface area (Å²) in [5.74, 6) is 0.729. The second-order valence-electron chi connectivity index (χ2n) is 9.06. The van der Waals surface area contributed by atoms with Crippen LogP contribution in [-0.2, 0) is 27.8 Å². The predicted octanol–water partition coefficient (Wildman–Crippen LogP) is 4.78. The maximum Gasteiger partial charge on any atom is 0.241 e. The number of rotatable bonds is 6. The van der Waals surface area contributed by atoms with Crippen molar-refractivity contribution in [2.75, 3.05) is 18.2 Å². The summed E-state index contributed by atoms with van der Waals surface area (Å²) in [5, 5.41) is 3.13. The number of carbonyl (C=O) groups excluding carboxylic acids is 1. The van der Waals surface area contributed by atoms with E-state index in [0.29, 0.717) is 31.0 Å². The highest BCUT2D eigenvalue weighted by molar-refractivity contribution is 14.1. The number of anilines is 1. The van der Waals surface area contributed by atoms with Gasteiger partial charge in [-0.15, -0.1) is 4.91 Å². The molecule has 1 aromatic carbocycles. The number of pyridine rings is 1. The smallest absolute Gasteiger partial charge is 0.241 e. The van der Waals surface area contributed by atoms with Gasteiger partial charge in [0.25, 0.3) is 0 Å². The first-order valence-corrected chi connectivity index (χ1v) is 14.5. The van der Waals surface area contributed by atoms with Crippen molar-refractivity contribution in [2.45, 2.75) is 43.9 Å². The third-order valence-electron chi connectivity index (χ3n) is 5.78. The van der Waals surface area contributed by atoms with E-state index in [0.717, 1.165) is 26.3 Å². The minimum absolute atomic E-state index is 0.0334. The first-order chi connectivity index (χ1) is 13.7. The monoisotopic (exact) mass is 521 g/mol. The van der Waals surface area contributed by atoms with Crippen LogP contribution in [0.5, 0.6) is 0 Å². The van der Waals surface area contributed by atoms with E-state index in [2.05, 4.69) is 52.4 Å². The topological polar surface area (TPSA) is 71.9 Å². The summed E-state index contributed by atoms with van der Waals surface area (Å²) in [4.78, 5) is 30.9. The van der Waals surface area contributed by atoms with Crippen LogP contribution in [-0.4, -0.2) is 32.3 Å². The molecule has 0 radical (unpaired) electrons. The number of halogens is 1. The summed E-state index contributed by atoms with van der Waals surface area (Å²) < 4.78 is 6.72. The third kappa shape index (κ3) is 3.66. The Kier molecular flexibility index (Phi) is 5.37. The molecule has 2 aliphatic rings. The second kappa shape index (κ2) is 7.55. The van der Waals surface area contributed by atoms with Gasteiger partial charge >= 0.3 is 0 Å². The number of carbonyl (C=O) groups is 1. The van der Waals surface area contributed by atoms with Crippen LogP contribution in [0.1, 0.15) is 16.7 Å². The van der Waals surface area contributed by atoms with Crippen molar-refractivity contribution in [3.63, 3.8) is 0 Å². The molecule has 0 bridgehead atoms. The zero-order chi connectivity index (χ0) is 20.8. The molecule has 1 atom stereocenters. The average molecular weight is 521 g/mol. The SMILES string of the molecule is C[Si](C)(C)CCOCN1C(=O)C2(Cc3cc(I)c(N=O)cc3C2)c2cccnc21. The van der Waals surface area contributed by atoms with E-state index in [-0.39, 0.29) is 12.6 Å². The zero-order valence-corrected chi connectivity index (χ0v) is 20.0. The Morgan fingerprint density at radius 3 is 2.69 bits per heavy atom. The molecule has 1 unspecified atom stereocenters. The van der Waals surface area contributed by atoms with E-state index in [4.69, 9.17) is 4.74 Å². The Morgan fingerprint density at radius 2 is 2.00 bits per heavy atom. The number of fused-ring (bicyclic) bond motifs is 3. The first kappa shape index (κ1) is 20.6. The van der Waals surface area contributed by atoms with Gasteiger partial charge in [0.1, 0.15) is 18.2 Å². The molecule has 152 valence electrons. The molecule has 0 fully saturated rings. The summed E-state index contributed by atoms with van der Waals surface area (Å²) in [6, 6.07) is 8.75. The summed E-state index contributed by atoms with van der Waals surface area (Å²) in [7, 11) is -1.19. The summed E-state index contributed by atoms with van der Waals surface area (Å²) in [5.41, 5.74) is 2.84. The van der Waals surface area contributed by atoms with Crippen LogP contribution in [0.2, 0.25) is 25.7 Å². The van der Waals surface area contributed by atoms with Gasteiger partial charge in [-0.1, -0.05) is 25.7 Å². The van der Waals surface area contributed by atoms with Gasteiger partial charge in [-0.25, -0.2) is 4.98 Å². The molecular weight excluding hydrogens is 497 g/mol. The molecule has 1 aromatic heterocycles. The number of hydrogen-bond donors (Lipinski definition) is 0. The molecule has 0 saturated carbocycles. The molecule has 29 heavy (non-hydrogen) atoms. The molecular formula is C21H24IN3O3Si. The second-order valence-corrected chi connectivity index (χ2v) is 15.8. The molecule has 1 aliphatic carbocycles. The van der Waals surface area contributed by atoms with Crippen LogP contribution in [0.25, 0.3) is 0 Å². The molecule has 2 aromatic rings. The highest BCUT2D eigenvalue weighted by Crippen LogP contribution is 2.50. The zero-order valence-electron chi connectivity index (χ0n) is 16.9. The number of hydrogen-bond acceptors (Lipinski definition) is 5. The van der Waals surface area contributed by atoms with Gasteiger partial charge in [-0.3, -0.25) is 9.69 Å². The number of benzene rings is 1. The van der Waals surface area contributed by atoms with Gasteiger partial charge in [0.15, 0.2) is 0 Å². The van der Waals surface area contributed by atoms with Crippen LogP contribution in [0.15, 0.2) is 35.6 Å². The fourth-order valence-electron chi connectivity index (χ4n) is 4.21. The van der Waals surface area contributed by atoms with Crippen LogP contribution in [0.4, 0.5) is 11.5 Å². The van der Waals surface area contributed by atoms with Crippen LogP contribution >= 0.6 is 22.6 Å². The maximum atomic E-state index is 13.6. The Labute approximate surface area is 185 Å². The molecule has 1 aliphatic heterocycles. The third-order valence-corrected chi connectivity index (χ3v) is 8.35. The van der Waals surface area contributed by atoms with Crippen molar-refractivity contribution in [1.82, 2.24) is 4.98 Å². The van der Waals surface area contributed by atoms with Gasteiger partial charge in [-0.2, -0.15) is 0 Å². The van der Waals surface area contributed by atoms with Gasteiger partial charge in [0.2, 0.25) is 5.91 Å². The molecule has 0 N–H and O–H groups in total. The van der Waals surface area contributed by atoms with E-state index in [9.17, 15) is 9.70 Å². The number of aromatic nitrogens is 1. The number of ether oxygens (including phenoxy) is 1. The van der Waals surface area contributed by atoms with Crippen molar-refractivity contribution in [1.29, 1.82) is 0 Å². The number of amides is 1. The van der Waals surface area contributed by atoms with E-state index in [1.54, 1.807) is 11.1 Å². The van der Waals surface area contributed by atoms with Crippen molar-refractivity contribution < 1.29 is 9.53 Å². The molecule has 1 amide bonds. The van der Waals surface area contributed by atoms with Crippen LogP contribution < -0.4 is 4.90 Å². The molecule has 1 spiro atoms. The van der Waals surface area contributed by atoms with Crippen molar-refractivity contribution >= 4 is 48.1 Å². The number of nitroso groups, excluding NO2 is 1. The quantitative estimate of drug-likeness (QED) is 0.238. The minimum atomic E-state index is -1.19. The summed E-state index contributed by atoms with van der Waals surface area (Å²) >= 11 is 2.13. The summed E-state index contributed by atoms with van der Waals surface area (Å²) in [6.07, 6.45) is 2.89. The lowest BCUT2D eigenvalue weighted by molar-refractivity contribution is -0.124. The van der Waals surface area contributed by atoms with Crippen molar-refractivity contribution in [2.24, 2.45) is 5.18 Å². The van der Waals surface area contributed by atoms with Gasteiger partial charge in [0.05, 0.1) is 5.41 Å². The van der Waals surface area contributed by atoms with E-state index in [1.807, 2.05) is 24.3 Å². The molecule has 4 rings (SSSR count). The predicted molar refractivity (Wildman–Crippen MR) is 124 cm³/mol. The van der Waals surface area contributed by atoms with E-state index >= 15 is 0 Å². The highest BCUT2D eigenvalue weighted by atomic mass is 127. The van der Waals surface area contributed by atoms with Crippen LogP contribution in [0.3, 0.4) is 0 Å². The molecule has 6 nitrogen and oxygen atoms in total. The standard InChI is InChI=1S/C21H24IN3O3Si/c1-29(2,3)8-7-28-13-25-19-16(5-4-6-23-19)21(20(25)26)11-14-9-17(22)18(24-27)10-15(14)12-21/h4-6,9-10H,7-8,11-13H2,1-3H3. The Balaban J connectivity index is 1.62. The largest absolute Gasteiger partial charge is 0.361 e. The maximum absolute atomic E-state index is 13.6. The van der Waals surface area contributed by atoms with Gasteiger partial charge in [0, 0.05) is 30.0 Å². The molecule has 8 heteroatoms. The number of nitrogens with zero attached hydrogens (tertiary/aromatic N) is 3. The van der Waals surface area contributed by atoms with Crippen molar-refractivity contribution in [3.05, 3.63) is 55.6 Å². The fourth-order valence-corrected chi connectivity index (χ4v) is 5.60. The lowest BCUT2D eigenvalue weighted by atomic mass is 9.79. The summed E-state index contributed by atoms with van der Waals surface area (Å²) in [6.45, 7) is 7.81. The van der Waals surface area contributed by atoms with Gasteiger partial charge < -0.3 is 4.74 Å². The molecule has 0 saturated heterocycles. The Bertz CT molecular complexity index is 992. The minimum Gasteiger partial charge on any atom is -0.361 e. The Morgan fingerprint density at radius 1 is 1.28 bits per heavy atom. The lowest BCUT2D eigenvalue weighted by Crippen LogP contribution is -2.42. The van der Waals surface area contributed by atoms with E-state index < -0.39 is 13.5 Å².